The van der Waals surface area contributed by atoms with E-state index in [9.17, 15) is 13.6 Å². The summed E-state index contributed by atoms with van der Waals surface area (Å²) < 4.78 is 30.7. The van der Waals surface area contributed by atoms with Crippen LogP contribution in [-0.2, 0) is 0 Å². The molecule has 2 N–H and O–H groups in total. The first-order valence-electron chi connectivity index (χ1n) is 8.59. The molecule has 1 aromatic rings. The van der Waals surface area contributed by atoms with E-state index < -0.39 is 6.61 Å². The Kier molecular flexibility index (Phi) is 5.94. The van der Waals surface area contributed by atoms with Crippen molar-refractivity contribution in [3.63, 3.8) is 0 Å². The molecular formula is C19H20BrF2N3O2. The molecular weight excluding hydrogens is 420 g/mol. The van der Waals surface area contributed by atoms with Crippen molar-refractivity contribution in [2.24, 2.45) is 10.7 Å². The number of ether oxygens (including phenoxy) is 1. The molecule has 0 saturated heterocycles. The molecule has 0 aliphatic heterocycles. The number of benzene rings is 1. The average molecular weight is 440 g/mol. The molecule has 0 spiro atoms. The highest BCUT2D eigenvalue weighted by molar-refractivity contribution is 9.11. The van der Waals surface area contributed by atoms with Crippen LogP contribution < -0.4 is 10.5 Å². The summed E-state index contributed by atoms with van der Waals surface area (Å²) in [7, 11) is 1.54. The number of carbonyl (C=O) groups excluding carboxylic acids is 1. The lowest BCUT2D eigenvalue weighted by atomic mass is 10.0. The summed E-state index contributed by atoms with van der Waals surface area (Å²) in [4.78, 5) is 18.4. The third kappa shape index (κ3) is 4.94. The fraction of sp³-hybridized carbons (Fsp3) is 0.368. The molecule has 0 bridgehead atoms. The van der Waals surface area contributed by atoms with Crippen LogP contribution in [0.25, 0.3) is 0 Å². The smallest absolute Gasteiger partial charge is 0.387 e. The predicted molar refractivity (Wildman–Crippen MR) is 103 cm³/mol. The normalized spacial score (nSPS) is 19.8. The molecule has 1 unspecified atom stereocenters. The Morgan fingerprint density at radius 1 is 1.41 bits per heavy atom. The van der Waals surface area contributed by atoms with Gasteiger partial charge in [0.1, 0.15) is 5.75 Å². The fourth-order valence-corrected chi connectivity index (χ4v) is 3.36. The summed E-state index contributed by atoms with van der Waals surface area (Å²) in [5, 5.41) is 0. The van der Waals surface area contributed by atoms with Crippen LogP contribution in [0.3, 0.4) is 0 Å². The summed E-state index contributed by atoms with van der Waals surface area (Å²) in [5.74, 6) is 0.0190. The summed E-state index contributed by atoms with van der Waals surface area (Å²) in [5.41, 5.74) is 6.99. The van der Waals surface area contributed by atoms with Crippen LogP contribution >= 0.6 is 15.9 Å². The molecule has 1 saturated carbocycles. The Morgan fingerprint density at radius 3 is 2.78 bits per heavy atom. The number of aliphatic imine (C=N–C) groups is 1. The van der Waals surface area contributed by atoms with Crippen molar-refractivity contribution in [1.29, 1.82) is 0 Å². The molecule has 2 aliphatic rings. The monoisotopic (exact) mass is 439 g/mol. The third-order valence-electron chi connectivity index (χ3n) is 4.44. The van der Waals surface area contributed by atoms with E-state index in [1.807, 2.05) is 18.2 Å². The second-order valence-corrected chi connectivity index (χ2v) is 7.43. The number of alkyl halides is 2. The van der Waals surface area contributed by atoms with E-state index in [4.69, 9.17) is 5.73 Å². The lowest BCUT2D eigenvalue weighted by Crippen LogP contribution is -2.39. The van der Waals surface area contributed by atoms with Gasteiger partial charge in [-0.3, -0.25) is 9.69 Å². The van der Waals surface area contributed by atoms with Gasteiger partial charge in [0.2, 0.25) is 0 Å². The number of carbonyl (C=O) groups is 1. The van der Waals surface area contributed by atoms with Crippen molar-refractivity contribution in [3.8, 4) is 5.75 Å². The maximum atomic E-state index is 12.8. The number of halogens is 3. The second kappa shape index (κ2) is 8.21. The van der Waals surface area contributed by atoms with Crippen molar-refractivity contribution >= 4 is 27.8 Å². The van der Waals surface area contributed by atoms with Gasteiger partial charge in [-0.25, -0.2) is 4.99 Å². The molecule has 1 amide bonds. The quantitative estimate of drug-likeness (QED) is 0.553. The van der Waals surface area contributed by atoms with E-state index >= 15 is 0 Å². The minimum absolute atomic E-state index is 0.0951. The third-order valence-corrected chi connectivity index (χ3v) is 4.97. The van der Waals surface area contributed by atoms with Gasteiger partial charge in [-0.2, -0.15) is 8.78 Å². The molecule has 144 valence electrons. The van der Waals surface area contributed by atoms with Gasteiger partial charge in [0.25, 0.3) is 5.91 Å². The van der Waals surface area contributed by atoms with E-state index in [1.54, 1.807) is 13.1 Å². The van der Waals surface area contributed by atoms with Gasteiger partial charge in [0, 0.05) is 17.1 Å². The van der Waals surface area contributed by atoms with Crippen molar-refractivity contribution in [2.75, 3.05) is 7.05 Å². The number of nitrogens with two attached hydrogens (primary N) is 1. The number of amides is 1. The molecule has 0 aromatic heterocycles. The highest BCUT2D eigenvalue weighted by atomic mass is 79.9. The first-order chi connectivity index (χ1) is 12.8. The van der Waals surface area contributed by atoms with Crippen LogP contribution in [0, 0.1) is 0 Å². The first-order valence-corrected chi connectivity index (χ1v) is 9.38. The summed E-state index contributed by atoms with van der Waals surface area (Å²) in [6.45, 7) is -2.90. The highest BCUT2D eigenvalue weighted by Gasteiger charge is 2.29. The zero-order valence-electron chi connectivity index (χ0n) is 14.7. The van der Waals surface area contributed by atoms with Crippen LogP contribution in [0.5, 0.6) is 5.75 Å². The van der Waals surface area contributed by atoms with Gasteiger partial charge >= 0.3 is 6.61 Å². The zero-order chi connectivity index (χ0) is 19.6. The van der Waals surface area contributed by atoms with Crippen LogP contribution in [0.2, 0.25) is 0 Å². The van der Waals surface area contributed by atoms with Gasteiger partial charge in [-0.1, -0.05) is 28.1 Å². The highest BCUT2D eigenvalue weighted by Crippen LogP contribution is 2.45. The second-order valence-electron chi connectivity index (χ2n) is 6.51. The molecule has 8 heteroatoms. The number of rotatable bonds is 5. The Bertz CT molecular complexity index is 819. The SMILES string of the molecule is CN(C(=O)c1ccc(OC(F)F)c(C2CC2)c1)C(N)=NC1C=C(Br)C=CC1. The molecule has 5 nitrogen and oxygen atoms in total. The Morgan fingerprint density at radius 2 is 2.15 bits per heavy atom. The largest absolute Gasteiger partial charge is 0.435 e. The van der Waals surface area contributed by atoms with Crippen LogP contribution in [0.4, 0.5) is 8.78 Å². The summed E-state index contributed by atoms with van der Waals surface area (Å²) >= 11 is 3.39. The van der Waals surface area contributed by atoms with E-state index in [2.05, 4.69) is 25.7 Å². The lowest BCUT2D eigenvalue weighted by Gasteiger charge is -2.19. The van der Waals surface area contributed by atoms with Crippen molar-refractivity contribution < 1.29 is 18.3 Å². The Balaban J connectivity index is 1.78. The molecule has 0 radical (unpaired) electrons. The molecule has 2 aliphatic carbocycles. The van der Waals surface area contributed by atoms with E-state index in [-0.39, 0.29) is 29.6 Å². The van der Waals surface area contributed by atoms with Crippen molar-refractivity contribution in [1.82, 2.24) is 4.90 Å². The molecule has 1 aromatic carbocycles. The summed E-state index contributed by atoms with van der Waals surface area (Å²) in [6.07, 6.45) is 8.30. The predicted octanol–water partition coefficient (Wildman–Crippen LogP) is 4.16. The number of guanidine groups is 1. The van der Waals surface area contributed by atoms with E-state index in [1.165, 1.54) is 17.0 Å². The van der Waals surface area contributed by atoms with Crippen LogP contribution in [-0.4, -0.2) is 36.5 Å². The molecule has 27 heavy (non-hydrogen) atoms. The maximum Gasteiger partial charge on any atom is 0.387 e. The number of allylic oxidation sites excluding steroid dienone is 2. The Labute approximate surface area is 164 Å². The zero-order valence-corrected chi connectivity index (χ0v) is 16.3. The first kappa shape index (κ1) is 19.5. The lowest BCUT2D eigenvalue weighted by molar-refractivity contribution is -0.0504. The molecule has 1 atom stereocenters. The van der Waals surface area contributed by atoms with E-state index in [0.717, 1.165) is 17.3 Å². The molecule has 1 fully saturated rings. The minimum Gasteiger partial charge on any atom is -0.435 e. The van der Waals surface area contributed by atoms with Crippen LogP contribution in [0.15, 0.2) is 45.9 Å². The number of hydrogen-bond donors (Lipinski definition) is 1. The van der Waals surface area contributed by atoms with Gasteiger partial charge in [0.05, 0.1) is 6.04 Å². The number of nitrogens with zero attached hydrogens (tertiary/aromatic N) is 2. The molecule has 3 rings (SSSR count). The topological polar surface area (TPSA) is 67.9 Å². The standard InChI is InChI=1S/C19H20BrF2N3O2/c1-25(19(23)24-14-4-2-3-13(20)10-14)17(26)12-7-8-16(27-18(21)22)15(9-12)11-5-6-11/h2-3,7-11,14,18H,4-6H2,1H3,(H2,23,24). The minimum atomic E-state index is -2.90. The van der Waals surface area contributed by atoms with Gasteiger partial charge < -0.3 is 10.5 Å². The van der Waals surface area contributed by atoms with Crippen LogP contribution in [0.1, 0.15) is 41.1 Å². The van der Waals surface area contributed by atoms with Crippen molar-refractivity contribution in [3.05, 3.63) is 52.0 Å². The van der Waals surface area contributed by atoms with Gasteiger partial charge in [0.15, 0.2) is 5.96 Å². The van der Waals surface area contributed by atoms with Gasteiger partial charge in [-0.05, 0) is 55.0 Å². The number of hydrogen-bond acceptors (Lipinski definition) is 3. The fourth-order valence-electron chi connectivity index (χ4n) is 2.87. The van der Waals surface area contributed by atoms with Crippen molar-refractivity contribution in [2.45, 2.75) is 37.8 Å². The summed E-state index contributed by atoms with van der Waals surface area (Å²) in [6, 6.07) is 4.35. The van der Waals surface area contributed by atoms with Gasteiger partial charge in [-0.15, -0.1) is 0 Å². The Hall–Kier alpha value is -2.22. The average Bonchev–Trinajstić information content (AvgIpc) is 3.45. The molecule has 0 heterocycles. The maximum absolute atomic E-state index is 12.8. The van der Waals surface area contributed by atoms with E-state index in [0.29, 0.717) is 17.5 Å².